The fourth-order valence-electron chi connectivity index (χ4n) is 3.49. The molecule has 0 spiro atoms. The Bertz CT molecular complexity index is 520. The van der Waals surface area contributed by atoms with Crippen molar-refractivity contribution in [2.45, 2.75) is 51.1 Å². The predicted molar refractivity (Wildman–Crippen MR) is 86.2 cm³/mol. The summed E-state index contributed by atoms with van der Waals surface area (Å²) in [7, 11) is 0. The second kappa shape index (κ2) is 6.95. The van der Waals surface area contributed by atoms with Crippen LogP contribution in [0.25, 0.3) is 0 Å². The molecule has 2 aromatic rings. The highest BCUT2D eigenvalue weighted by Gasteiger charge is 2.25. The normalized spacial score (nSPS) is 23.9. The monoisotopic (exact) mass is 283 g/mol. The molecule has 0 aliphatic heterocycles. The molecule has 0 saturated heterocycles. The standard InChI is InChI=1S/C19H25NO/c1-2-15-8-6-11-17(14-15)20-19(18-12-7-13-21-18)16-9-4-3-5-10-16/h3-5,7,9-10,12-13,15,17,19-20H,2,6,8,11,14H2,1H3. The first-order valence-electron chi connectivity index (χ1n) is 8.21. The molecular weight excluding hydrogens is 258 g/mol. The Kier molecular flexibility index (Phi) is 4.76. The molecule has 1 heterocycles. The van der Waals surface area contributed by atoms with E-state index in [4.69, 9.17) is 4.42 Å². The molecule has 1 saturated carbocycles. The van der Waals surface area contributed by atoms with Crippen LogP contribution in [0.4, 0.5) is 0 Å². The predicted octanol–water partition coefficient (Wildman–Crippen LogP) is 4.93. The third-order valence-corrected chi connectivity index (χ3v) is 4.72. The molecule has 1 fully saturated rings. The lowest BCUT2D eigenvalue weighted by atomic mass is 9.83. The van der Waals surface area contributed by atoms with Crippen LogP contribution in [0.5, 0.6) is 0 Å². The molecule has 3 atom stereocenters. The van der Waals surface area contributed by atoms with Crippen molar-refractivity contribution >= 4 is 0 Å². The first-order valence-corrected chi connectivity index (χ1v) is 8.21. The minimum Gasteiger partial charge on any atom is -0.467 e. The van der Waals surface area contributed by atoms with E-state index >= 15 is 0 Å². The van der Waals surface area contributed by atoms with Crippen LogP contribution < -0.4 is 5.32 Å². The van der Waals surface area contributed by atoms with Crippen molar-refractivity contribution in [3.8, 4) is 0 Å². The highest BCUT2D eigenvalue weighted by atomic mass is 16.3. The summed E-state index contributed by atoms with van der Waals surface area (Å²) in [5, 5.41) is 3.85. The Morgan fingerprint density at radius 1 is 1.14 bits per heavy atom. The van der Waals surface area contributed by atoms with Crippen LogP contribution in [-0.2, 0) is 0 Å². The summed E-state index contributed by atoms with van der Waals surface area (Å²) in [6.07, 6.45) is 8.37. The summed E-state index contributed by atoms with van der Waals surface area (Å²) in [6, 6.07) is 15.4. The summed E-state index contributed by atoms with van der Waals surface area (Å²) in [6.45, 7) is 2.31. The topological polar surface area (TPSA) is 25.2 Å². The lowest BCUT2D eigenvalue weighted by molar-refractivity contribution is 0.262. The van der Waals surface area contributed by atoms with Crippen molar-refractivity contribution < 1.29 is 4.42 Å². The van der Waals surface area contributed by atoms with E-state index in [2.05, 4.69) is 48.6 Å². The van der Waals surface area contributed by atoms with Gasteiger partial charge in [-0.15, -0.1) is 0 Å². The quantitative estimate of drug-likeness (QED) is 0.842. The Morgan fingerprint density at radius 3 is 2.71 bits per heavy atom. The average Bonchev–Trinajstić information content (AvgIpc) is 3.08. The molecule has 3 rings (SSSR count). The highest BCUT2D eigenvalue weighted by molar-refractivity contribution is 5.26. The van der Waals surface area contributed by atoms with Crippen LogP contribution in [-0.4, -0.2) is 6.04 Å². The number of hydrogen-bond acceptors (Lipinski definition) is 2. The molecule has 0 radical (unpaired) electrons. The van der Waals surface area contributed by atoms with E-state index in [0.29, 0.717) is 6.04 Å². The lowest BCUT2D eigenvalue weighted by Gasteiger charge is -2.32. The van der Waals surface area contributed by atoms with Crippen molar-refractivity contribution in [2.24, 2.45) is 5.92 Å². The maximum atomic E-state index is 5.68. The van der Waals surface area contributed by atoms with Gasteiger partial charge in [-0.05, 0) is 36.5 Å². The first kappa shape index (κ1) is 14.4. The number of benzene rings is 1. The van der Waals surface area contributed by atoms with Gasteiger partial charge in [0.1, 0.15) is 5.76 Å². The molecule has 2 heteroatoms. The maximum Gasteiger partial charge on any atom is 0.125 e. The molecule has 1 aliphatic carbocycles. The Balaban J connectivity index is 1.77. The van der Waals surface area contributed by atoms with Crippen LogP contribution in [0, 0.1) is 5.92 Å². The van der Waals surface area contributed by atoms with Gasteiger partial charge in [0.2, 0.25) is 0 Å². The van der Waals surface area contributed by atoms with Crippen LogP contribution in [0.2, 0.25) is 0 Å². The Labute approximate surface area is 127 Å². The van der Waals surface area contributed by atoms with E-state index in [0.717, 1.165) is 11.7 Å². The average molecular weight is 283 g/mol. The number of rotatable bonds is 5. The van der Waals surface area contributed by atoms with Crippen LogP contribution >= 0.6 is 0 Å². The smallest absolute Gasteiger partial charge is 0.125 e. The zero-order chi connectivity index (χ0) is 14.5. The summed E-state index contributed by atoms with van der Waals surface area (Å²) in [5.74, 6) is 1.89. The van der Waals surface area contributed by atoms with Gasteiger partial charge in [-0.1, -0.05) is 56.5 Å². The van der Waals surface area contributed by atoms with Crippen molar-refractivity contribution in [3.05, 3.63) is 60.1 Å². The van der Waals surface area contributed by atoms with Crippen molar-refractivity contribution in [1.29, 1.82) is 0 Å². The lowest BCUT2D eigenvalue weighted by Crippen LogP contribution is -2.37. The van der Waals surface area contributed by atoms with Crippen molar-refractivity contribution in [2.75, 3.05) is 0 Å². The molecule has 3 unspecified atom stereocenters. The molecule has 1 aliphatic rings. The maximum absolute atomic E-state index is 5.68. The van der Waals surface area contributed by atoms with Gasteiger partial charge in [-0.2, -0.15) is 0 Å². The van der Waals surface area contributed by atoms with Gasteiger partial charge in [0.05, 0.1) is 12.3 Å². The second-order valence-corrected chi connectivity index (χ2v) is 6.16. The van der Waals surface area contributed by atoms with E-state index < -0.39 is 0 Å². The van der Waals surface area contributed by atoms with Crippen LogP contribution in [0.15, 0.2) is 53.1 Å². The summed E-state index contributed by atoms with van der Waals surface area (Å²) in [5.41, 5.74) is 1.28. The number of furan rings is 1. The third-order valence-electron chi connectivity index (χ3n) is 4.72. The molecule has 0 bridgehead atoms. The van der Waals surface area contributed by atoms with Crippen LogP contribution in [0.3, 0.4) is 0 Å². The van der Waals surface area contributed by atoms with E-state index in [1.54, 1.807) is 6.26 Å². The SMILES string of the molecule is CCC1CCCC(NC(c2ccccc2)c2ccco2)C1. The van der Waals surface area contributed by atoms with Crippen molar-refractivity contribution in [1.82, 2.24) is 5.32 Å². The second-order valence-electron chi connectivity index (χ2n) is 6.16. The molecule has 0 amide bonds. The molecule has 21 heavy (non-hydrogen) atoms. The van der Waals surface area contributed by atoms with E-state index in [1.807, 2.05) is 6.07 Å². The number of hydrogen-bond donors (Lipinski definition) is 1. The molecule has 112 valence electrons. The molecule has 1 N–H and O–H groups in total. The van der Waals surface area contributed by atoms with Gasteiger partial charge in [0.25, 0.3) is 0 Å². The highest BCUT2D eigenvalue weighted by Crippen LogP contribution is 2.30. The number of nitrogens with one attached hydrogen (secondary N) is 1. The van der Waals surface area contributed by atoms with E-state index in [1.165, 1.54) is 37.7 Å². The fraction of sp³-hybridized carbons (Fsp3) is 0.474. The minimum atomic E-state index is 0.168. The van der Waals surface area contributed by atoms with Gasteiger partial charge in [0, 0.05) is 6.04 Å². The van der Waals surface area contributed by atoms with E-state index in [9.17, 15) is 0 Å². The fourth-order valence-corrected chi connectivity index (χ4v) is 3.49. The molecular formula is C19H25NO. The molecule has 2 nitrogen and oxygen atoms in total. The minimum absolute atomic E-state index is 0.168. The van der Waals surface area contributed by atoms with E-state index in [-0.39, 0.29) is 6.04 Å². The molecule has 1 aromatic heterocycles. The van der Waals surface area contributed by atoms with Gasteiger partial charge in [-0.3, -0.25) is 0 Å². The zero-order valence-corrected chi connectivity index (χ0v) is 12.8. The van der Waals surface area contributed by atoms with Gasteiger partial charge >= 0.3 is 0 Å². The Morgan fingerprint density at radius 2 is 2.00 bits per heavy atom. The summed E-state index contributed by atoms with van der Waals surface area (Å²) in [4.78, 5) is 0. The molecule has 1 aromatic carbocycles. The first-order chi connectivity index (χ1) is 10.4. The third kappa shape index (κ3) is 3.56. The zero-order valence-electron chi connectivity index (χ0n) is 12.8. The van der Waals surface area contributed by atoms with Gasteiger partial charge in [0.15, 0.2) is 0 Å². The van der Waals surface area contributed by atoms with Gasteiger partial charge in [-0.25, -0.2) is 0 Å². The van der Waals surface area contributed by atoms with Gasteiger partial charge < -0.3 is 9.73 Å². The largest absolute Gasteiger partial charge is 0.467 e. The summed E-state index contributed by atoms with van der Waals surface area (Å²) < 4.78 is 5.68. The van der Waals surface area contributed by atoms with Crippen LogP contribution in [0.1, 0.15) is 56.4 Å². The Hall–Kier alpha value is -1.54. The van der Waals surface area contributed by atoms with Crippen molar-refractivity contribution in [3.63, 3.8) is 0 Å². The summed E-state index contributed by atoms with van der Waals surface area (Å²) >= 11 is 0.